The summed E-state index contributed by atoms with van der Waals surface area (Å²) in [5.41, 5.74) is 7.96. The molecule has 1 aromatic carbocycles. The molecule has 23 heavy (non-hydrogen) atoms. The SMILES string of the molecule is COCc1ccccc1NC(N)=NCCCN1CCOCC1.I. The summed E-state index contributed by atoms with van der Waals surface area (Å²) in [5, 5.41) is 3.15. The zero-order valence-electron chi connectivity index (χ0n) is 13.7. The van der Waals surface area contributed by atoms with Gasteiger partial charge in [0.15, 0.2) is 5.96 Å². The molecule has 0 bridgehead atoms. The molecule has 0 unspecified atom stereocenters. The van der Waals surface area contributed by atoms with Gasteiger partial charge in [-0.15, -0.1) is 24.0 Å². The maximum atomic E-state index is 5.95. The minimum absolute atomic E-state index is 0. The zero-order chi connectivity index (χ0) is 15.6. The van der Waals surface area contributed by atoms with Crippen molar-refractivity contribution in [2.75, 3.05) is 51.8 Å². The van der Waals surface area contributed by atoms with Crippen LogP contribution in [0.15, 0.2) is 29.3 Å². The number of methoxy groups -OCH3 is 1. The molecule has 0 amide bonds. The predicted octanol–water partition coefficient (Wildman–Crippen LogP) is 1.90. The fourth-order valence-corrected chi connectivity index (χ4v) is 2.42. The number of morpholine rings is 1. The van der Waals surface area contributed by atoms with Crippen LogP contribution in [0, 0.1) is 0 Å². The van der Waals surface area contributed by atoms with E-state index in [-0.39, 0.29) is 24.0 Å². The van der Waals surface area contributed by atoms with Gasteiger partial charge in [-0.05, 0) is 12.5 Å². The number of para-hydroxylation sites is 1. The molecule has 0 spiro atoms. The molecule has 1 aromatic rings. The number of halogens is 1. The number of nitrogens with one attached hydrogen (secondary N) is 1. The summed E-state index contributed by atoms with van der Waals surface area (Å²) in [7, 11) is 1.68. The standard InChI is InChI=1S/C16H26N4O2.HI/c1-21-13-14-5-2-3-6-15(14)19-16(17)18-7-4-8-20-9-11-22-12-10-20;/h2-3,5-6H,4,7-13H2,1H3,(H3,17,18,19);1H. The molecule has 0 aromatic heterocycles. The molecule has 130 valence electrons. The van der Waals surface area contributed by atoms with Crippen molar-refractivity contribution in [2.45, 2.75) is 13.0 Å². The van der Waals surface area contributed by atoms with Crippen LogP contribution < -0.4 is 11.1 Å². The normalized spacial score (nSPS) is 16.0. The number of nitrogens with two attached hydrogens (primary N) is 1. The van der Waals surface area contributed by atoms with Crippen LogP contribution >= 0.6 is 24.0 Å². The molecule has 0 saturated carbocycles. The van der Waals surface area contributed by atoms with Crippen molar-refractivity contribution >= 4 is 35.6 Å². The summed E-state index contributed by atoms with van der Waals surface area (Å²) in [6.07, 6.45) is 1.00. The van der Waals surface area contributed by atoms with Crippen molar-refractivity contribution in [3.63, 3.8) is 0 Å². The third kappa shape index (κ3) is 7.47. The maximum absolute atomic E-state index is 5.95. The third-order valence-corrected chi connectivity index (χ3v) is 3.60. The summed E-state index contributed by atoms with van der Waals surface area (Å²) in [4.78, 5) is 6.79. The van der Waals surface area contributed by atoms with Crippen molar-refractivity contribution < 1.29 is 9.47 Å². The Morgan fingerprint density at radius 3 is 2.83 bits per heavy atom. The van der Waals surface area contributed by atoms with E-state index in [0.717, 1.165) is 57.1 Å². The van der Waals surface area contributed by atoms with Gasteiger partial charge in [-0.25, -0.2) is 0 Å². The summed E-state index contributed by atoms with van der Waals surface area (Å²) < 4.78 is 10.5. The van der Waals surface area contributed by atoms with Crippen LogP contribution in [0.2, 0.25) is 0 Å². The molecule has 2 rings (SSSR count). The lowest BCUT2D eigenvalue weighted by molar-refractivity contribution is 0.0377. The molecule has 1 fully saturated rings. The van der Waals surface area contributed by atoms with E-state index in [1.807, 2.05) is 24.3 Å². The van der Waals surface area contributed by atoms with Gasteiger partial charge in [0.2, 0.25) is 0 Å². The van der Waals surface area contributed by atoms with Gasteiger partial charge in [-0.3, -0.25) is 9.89 Å². The van der Waals surface area contributed by atoms with Gasteiger partial charge in [-0.1, -0.05) is 18.2 Å². The van der Waals surface area contributed by atoms with E-state index in [9.17, 15) is 0 Å². The van der Waals surface area contributed by atoms with Gasteiger partial charge < -0.3 is 20.5 Å². The first-order valence-corrected chi connectivity index (χ1v) is 7.73. The molecule has 3 N–H and O–H groups in total. The van der Waals surface area contributed by atoms with Crippen LogP contribution in [0.3, 0.4) is 0 Å². The van der Waals surface area contributed by atoms with Crippen molar-refractivity contribution in [1.82, 2.24) is 4.90 Å². The summed E-state index contributed by atoms with van der Waals surface area (Å²) >= 11 is 0. The van der Waals surface area contributed by atoms with E-state index >= 15 is 0 Å². The summed E-state index contributed by atoms with van der Waals surface area (Å²) in [5.74, 6) is 0.450. The topological polar surface area (TPSA) is 72.1 Å². The fraction of sp³-hybridized carbons (Fsp3) is 0.562. The minimum atomic E-state index is 0. The average molecular weight is 434 g/mol. The van der Waals surface area contributed by atoms with Crippen LogP contribution in [0.5, 0.6) is 0 Å². The summed E-state index contributed by atoms with van der Waals surface area (Å²) in [6.45, 7) is 6.02. The Balaban J connectivity index is 0.00000264. The number of nitrogens with zero attached hydrogens (tertiary/aromatic N) is 2. The molecule has 1 saturated heterocycles. The van der Waals surface area contributed by atoms with E-state index in [1.54, 1.807) is 7.11 Å². The number of rotatable bonds is 7. The second kappa shape index (κ2) is 11.6. The highest BCUT2D eigenvalue weighted by molar-refractivity contribution is 14.0. The molecule has 7 heteroatoms. The minimum Gasteiger partial charge on any atom is -0.380 e. The zero-order valence-corrected chi connectivity index (χ0v) is 16.0. The van der Waals surface area contributed by atoms with Crippen LogP contribution in [0.25, 0.3) is 0 Å². The average Bonchev–Trinajstić information content (AvgIpc) is 2.55. The molecule has 0 aliphatic carbocycles. The first kappa shape index (κ1) is 20.1. The van der Waals surface area contributed by atoms with Gasteiger partial charge in [0.05, 0.1) is 19.8 Å². The van der Waals surface area contributed by atoms with E-state index in [0.29, 0.717) is 12.6 Å². The van der Waals surface area contributed by atoms with E-state index < -0.39 is 0 Å². The van der Waals surface area contributed by atoms with Gasteiger partial charge >= 0.3 is 0 Å². The molecule has 6 nitrogen and oxygen atoms in total. The highest BCUT2D eigenvalue weighted by Gasteiger charge is 2.09. The first-order valence-electron chi connectivity index (χ1n) is 7.73. The van der Waals surface area contributed by atoms with E-state index in [1.165, 1.54) is 0 Å². The van der Waals surface area contributed by atoms with Crippen LogP contribution in [0.4, 0.5) is 5.69 Å². The number of aliphatic imine (C=N–C) groups is 1. The Morgan fingerprint density at radius 1 is 1.35 bits per heavy atom. The monoisotopic (exact) mass is 434 g/mol. The Bertz CT molecular complexity index is 479. The number of anilines is 1. The fourth-order valence-electron chi connectivity index (χ4n) is 2.42. The second-order valence-electron chi connectivity index (χ2n) is 5.29. The highest BCUT2D eigenvalue weighted by Crippen LogP contribution is 2.15. The molecule has 0 radical (unpaired) electrons. The maximum Gasteiger partial charge on any atom is 0.193 e. The lowest BCUT2D eigenvalue weighted by atomic mass is 10.2. The van der Waals surface area contributed by atoms with E-state index in [2.05, 4.69) is 15.2 Å². The van der Waals surface area contributed by atoms with Crippen molar-refractivity contribution in [3.05, 3.63) is 29.8 Å². The third-order valence-electron chi connectivity index (χ3n) is 3.60. The largest absolute Gasteiger partial charge is 0.380 e. The number of hydrogen-bond acceptors (Lipinski definition) is 4. The van der Waals surface area contributed by atoms with Crippen molar-refractivity contribution in [1.29, 1.82) is 0 Å². The van der Waals surface area contributed by atoms with E-state index in [4.69, 9.17) is 15.2 Å². The van der Waals surface area contributed by atoms with Crippen molar-refractivity contribution in [3.8, 4) is 0 Å². The van der Waals surface area contributed by atoms with Gasteiger partial charge in [0.25, 0.3) is 0 Å². The molecule has 1 aliphatic rings. The highest BCUT2D eigenvalue weighted by atomic mass is 127. The number of benzene rings is 1. The number of ether oxygens (including phenoxy) is 2. The number of guanidine groups is 1. The number of hydrogen-bond donors (Lipinski definition) is 2. The van der Waals surface area contributed by atoms with Crippen LogP contribution in [-0.4, -0.2) is 57.4 Å². The second-order valence-corrected chi connectivity index (χ2v) is 5.29. The van der Waals surface area contributed by atoms with Crippen LogP contribution in [-0.2, 0) is 16.1 Å². The molecule has 0 atom stereocenters. The molecule has 1 aliphatic heterocycles. The Hall–Kier alpha value is -0.900. The lowest BCUT2D eigenvalue weighted by Gasteiger charge is -2.26. The first-order chi connectivity index (χ1) is 10.8. The van der Waals surface area contributed by atoms with Crippen LogP contribution in [0.1, 0.15) is 12.0 Å². The molecule has 1 heterocycles. The molecular formula is C16H27IN4O2. The van der Waals surface area contributed by atoms with Crippen molar-refractivity contribution in [2.24, 2.45) is 10.7 Å². The summed E-state index contributed by atoms with van der Waals surface area (Å²) in [6, 6.07) is 7.93. The smallest absolute Gasteiger partial charge is 0.193 e. The Morgan fingerprint density at radius 2 is 2.09 bits per heavy atom. The predicted molar refractivity (Wildman–Crippen MR) is 105 cm³/mol. The van der Waals surface area contributed by atoms with Gasteiger partial charge in [0.1, 0.15) is 0 Å². The Labute approximate surface area is 155 Å². The van der Waals surface area contributed by atoms with Gasteiger partial charge in [0, 0.05) is 44.5 Å². The lowest BCUT2D eigenvalue weighted by Crippen LogP contribution is -2.37. The quantitative estimate of drug-likeness (QED) is 0.297. The Kier molecular flexibility index (Phi) is 10.2. The van der Waals surface area contributed by atoms with Gasteiger partial charge in [-0.2, -0.15) is 0 Å². The molecular weight excluding hydrogens is 407 g/mol.